The van der Waals surface area contributed by atoms with Gasteiger partial charge in [0, 0.05) is 12.7 Å². The quantitative estimate of drug-likeness (QED) is 0.209. The molecule has 3 rings (SSSR count). The molecule has 9 nitrogen and oxygen atoms in total. The van der Waals surface area contributed by atoms with Crippen molar-refractivity contribution in [3.63, 3.8) is 0 Å². The molecule has 3 heterocycles. The summed E-state index contributed by atoms with van der Waals surface area (Å²) in [5.41, 5.74) is 1.44. The van der Waals surface area contributed by atoms with Crippen molar-refractivity contribution in [3.8, 4) is 0 Å². The van der Waals surface area contributed by atoms with Crippen LogP contribution in [0.2, 0.25) is 0 Å². The van der Waals surface area contributed by atoms with Gasteiger partial charge in [0.2, 0.25) is 0 Å². The number of aryl methyl sites for hydroxylation is 2. The van der Waals surface area contributed by atoms with E-state index in [0.29, 0.717) is 17.8 Å². The van der Waals surface area contributed by atoms with E-state index in [1.165, 1.54) is 22.8 Å². The first-order valence-corrected chi connectivity index (χ1v) is 11.1. The molecule has 1 amide bonds. The number of carbonyl (C=O) groups excluding carboxylic acids is 2. The van der Waals surface area contributed by atoms with Crippen molar-refractivity contribution in [2.75, 3.05) is 13.2 Å². The Labute approximate surface area is 196 Å². The van der Waals surface area contributed by atoms with Gasteiger partial charge in [-0.05, 0) is 44.0 Å². The van der Waals surface area contributed by atoms with Crippen LogP contribution in [0.5, 0.6) is 0 Å². The van der Waals surface area contributed by atoms with Crippen LogP contribution in [-0.2, 0) is 20.8 Å². The highest BCUT2D eigenvalue weighted by Gasteiger charge is 2.20. The summed E-state index contributed by atoms with van der Waals surface area (Å²) in [5.74, 6) is -1.28. The maximum atomic E-state index is 13.4. The monoisotopic (exact) mass is 464 g/mol. The molecule has 0 bridgehead atoms. The van der Waals surface area contributed by atoms with Gasteiger partial charge in [-0.2, -0.15) is 4.99 Å². The van der Waals surface area contributed by atoms with Crippen molar-refractivity contribution < 1.29 is 19.1 Å². The van der Waals surface area contributed by atoms with Gasteiger partial charge in [0.05, 0.1) is 18.3 Å². The van der Waals surface area contributed by atoms with E-state index in [-0.39, 0.29) is 35.2 Å². The first kappa shape index (κ1) is 24.6. The molecule has 3 aromatic heterocycles. The Morgan fingerprint density at radius 3 is 2.76 bits per heavy atom. The van der Waals surface area contributed by atoms with E-state index < -0.39 is 11.9 Å². The smallest absolute Gasteiger partial charge is 0.341 e. The van der Waals surface area contributed by atoms with Gasteiger partial charge in [-0.3, -0.25) is 14.0 Å². The molecule has 0 radical (unpaired) electrons. The zero-order chi connectivity index (χ0) is 24.7. The number of rotatable bonds is 9. The third-order valence-corrected chi connectivity index (χ3v) is 5.08. The first-order chi connectivity index (χ1) is 16.4. The lowest BCUT2D eigenvalue weighted by Gasteiger charge is -2.15. The molecule has 34 heavy (non-hydrogen) atoms. The van der Waals surface area contributed by atoms with Gasteiger partial charge in [0.15, 0.2) is 12.1 Å². The summed E-state index contributed by atoms with van der Waals surface area (Å²) in [5, 5.41) is 0.235. The van der Waals surface area contributed by atoms with Crippen LogP contribution in [0.15, 0.2) is 59.2 Å². The Kier molecular flexibility index (Phi) is 8.13. The minimum atomic E-state index is -0.678. The number of pyridine rings is 2. The van der Waals surface area contributed by atoms with E-state index in [1.807, 2.05) is 19.9 Å². The van der Waals surface area contributed by atoms with Gasteiger partial charge in [0.25, 0.3) is 11.5 Å². The van der Waals surface area contributed by atoms with Gasteiger partial charge < -0.3 is 14.0 Å². The number of ether oxygens (including phenoxy) is 2. The molecule has 0 saturated heterocycles. The van der Waals surface area contributed by atoms with Crippen molar-refractivity contribution >= 4 is 28.6 Å². The average Bonchev–Trinajstić information content (AvgIpc) is 2.82. The second-order valence-corrected chi connectivity index (χ2v) is 7.53. The minimum absolute atomic E-state index is 0.0203. The number of hydrogen-bond donors (Lipinski definition) is 0. The SMILES string of the molecule is C=C/C=C\OCC(=O)N=c1c(C(=O)OCC)cc2c(=O)n3cccc(C)c3nc2n1CCCC. The predicted molar refractivity (Wildman–Crippen MR) is 128 cm³/mol. The topological polar surface area (TPSA) is 104 Å². The van der Waals surface area contributed by atoms with Crippen molar-refractivity contribution in [2.24, 2.45) is 4.99 Å². The lowest BCUT2D eigenvalue weighted by molar-refractivity contribution is -0.120. The number of esters is 1. The van der Waals surface area contributed by atoms with Gasteiger partial charge >= 0.3 is 5.97 Å². The minimum Gasteiger partial charge on any atom is -0.491 e. The number of aromatic nitrogens is 3. The molecular formula is C25H28N4O5. The van der Waals surface area contributed by atoms with Crippen LogP contribution in [-0.4, -0.2) is 39.0 Å². The number of nitrogens with zero attached hydrogens (tertiary/aromatic N) is 4. The molecule has 0 N–H and O–H groups in total. The second kappa shape index (κ2) is 11.2. The fourth-order valence-electron chi connectivity index (χ4n) is 3.48. The van der Waals surface area contributed by atoms with Crippen molar-refractivity contribution in [2.45, 2.75) is 40.2 Å². The van der Waals surface area contributed by atoms with Crippen LogP contribution in [0.4, 0.5) is 0 Å². The zero-order valence-electron chi connectivity index (χ0n) is 19.6. The number of hydrogen-bond acceptors (Lipinski definition) is 6. The molecule has 0 spiro atoms. The Hall–Kier alpha value is -4.01. The second-order valence-electron chi connectivity index (χ2n) is 7.53. The van der Waals surface area contributed by atoms with Gasteiger partial charge in [-0.25, -0.2) is 9.78 Å². The maximum Gasteiger partial charge on any atom is 0.341 e. The van der Waals surface area contributed by atoms with Crippen LogP contribution in [0.3, 0.4) is 0 Å². The van der Waals surface area contributed by atoms with Gasteiger partial charge in [-0.1, -0.05) is 32.1 Å². The van der Waals surface area contributed by atoms with Crippen LogP contribution in [0.25, 0.3) is 16.7 Å². The van der Waals surface area contributed by atoms with Gasteiger partial charge in [0.1, 0.15) is 16.9 Å². The zero-order valence-corrected chi connectivity index (χ0v) is 19.6. The Bertz CT molecular complexity index is 1400. The molecule has 0 unspecified atom stereocenters. The molecule has 0 aliphatic rings. The van der Waals surface area contributed by atoms with Crippen LogP contribution >= 0.6 is 0 Å². The van der Waals surface area contributed by atoms with E-state index >= 15 is 0 Å². The summed E-state index contributed by atoms with van der Waals surface area (Å²) < 4.78 is 13.5. The first-order valence-electron chi connectivity index (χ1n) is 11.1. The Morgan fingerprint density at radius 1 is 1.26 bits per heavy atom. The van der Waals surface area contributed by atoms with E-state index in [1.54, 1.807) is 29.8 Å². The summed E-state index contributed by atoms with van der Waals surface area (Å²) >= 11 is 0. The summed E-state index contributed by atoms with van der Waals surface area (Å²) in [6.07, 6.45) is 7.57. The Morgan fingerprint density at radius 2 is 2.06 bits per heavy atom. The lowest BCUT2D eigenvalue weighted by Crippen LogP contribution is -2.33. The van der Waals surface area contributed by atoms with Crippen molar-refractivity contribution in [1.29, 1.82) is 0 Å². The predicted octanol–water partition coefficient (Wildman–Crippen LogP) is 3.08. The fraction of sp³-hybridized carbons (Fsp3) is 0.320. The highest BCUT2D eigenvalue weighted by Crippen LogP contribution is 2.14. The van der Waals surface area contributed by atoms with Crippen LogP contribution in [0, 0.1) is 6.92 Å². The van der Waals surface area contributed by atoms with Crippen LogP contribution < -0.4 is 11.0 Å². The molecule has 178 valence electrons. The number of fused-ring (bicyclic) bond motifs is 2. The molecule has 0 aliphatic heterocycles. The summed E-state index contributed by atoms with van der Waals surface area (Å²) in [4.78, 5) is 47.7. The summed E-state index contributed by atoms with van der Waals surface area (Å²) in [7, 11) is 0. The molecule has 0 aliphatic carbocycles. The van der Waals surface area contributed by atoms with Crippen molar-refractivity contribution in [3.05, 3.63) is 76.4 Å². The fourth-order valence-corrected chi connectivity index (χ4v) is 3.48. The number of unbranched alkanes of at least 4 members (excludes halogenated alkanes) is 1. The van der Waals surface area contributed by atoms with E-state index in [2.05, 4.69) is 11.6 Å². The Balaban J connectivity index is 2.38. The number of allylic oxidation sites excluding steroid dienone is 2. The molecule has 9 heteroatoms. The largest absolute Gasteiger partial charge is 0.491 e. The third kappa shape index (κ3) is 5.14. The van der Waals surface area contributed by atoms with Gasteiger partial charge in [-0.15, -0.1) is 0 Å². The molecule has 0 aromatic carbocycles. The molecule has 0 saturated carbocycles. The summed E-state index contributed by atoms with van der Waals surface area (Å²) in [6.45, 7) is 9.29. The third-order valence-electron chi connectivity index (χ3n) is 5.08. The standard InChI is InChI=1S/C25H28N4O5/c1-5-8-12-28-22-18(24(31)29-13-10-11-17(4)21(29)27-22)15-19(25(32)34-7-3)23(28)26-20(30)16-33-14-9-6-2/h6,9-11,13-15H,2,5,7-8,12,16H2,1,3-4H3/b14-9-,26-23?. The van der Waals surface area contributed by atoms with Crippen LogP contribution in [0.1, 0.15) is 42.6 Å². The van der Waals surface area contributed by atoms with E-state index in [0.717, 1.165) is 18.4 Å². The summed E-state index contributed by atoms with van der Waals surface area (Å²) in [6, 6.07) is 5.03. The average molecular weight is 465 g/mol. The maximum absolute atomic E-state index is 13.4. The van der Waals surface area contributed by atoms with E-state index in [9.17, 15) is 14.4 Å². The highest BCUT2D eigenvalue weighted by atomic mass is 16.5. The molecule has 0 fully saturated rings. The lowest BCUT2D eigenvalue weighted by atomic mass is 10.2. The number of amides is 1. The van der Waals surface area contributed by atoms with Crippen molar-refractivity contribution in [1.82, 2.24) is 14.0 Å². The van der Waals surface area contributed by atoms with E-state index in [4.69, 9.17) is 14.5 Å². The molecule has 3 aromatic rings. The number of carbonyl (C=O) groups is 2. The molecule has 0 atom stereocenters. The normalized spacial score (nSPS) is 11.9. The highest BCUT2D eigenvalue weighted by molar-refractivity contribution is 5.93. The molecular weight excluding hydrogens is 436 g/mol.